The summed E-state index contributed by atoms with van der Waals surface area (Å²) < 4.78 is 6.05. The zero-order valence-corrected chi connectivity index (χ0v) is 38.9. The van der Waals surface area contributed by atoms with Gasteiger partial charge in [-0.1, -0.05) is 112 Å². The Balaban J connectivity index is 1.15. The number of carbonyl (C=O) groups is 5. The quantitative estimate of drug-likeness (QED) is 0.0568. The van der Waals surface area contributed by atoms with Crippen molar-refractivity contribution in [2.75, 3.05) is 6.54 Å². The van der Waals surface area contributed by atoms with E-state index in [9.17, 15) is 29.1 Å². The van der Waals surface area contributed by atoms with E-state index in [0.717, 1.165) is 122 Å². The lowest BCUT2D eigenvalue weighted by atomic mass is 9.33. The van der Waals surface area contributed by atoms with Crippen LogP contribution in [0.2, 0.25) is 0 Å². The Morgan fingerprint density at radius 3 is 2.02 bits per heavy atom. The van der Waals surface area contributed by atoms with Gasteiger partial charge in [0.25, 0.3) is 0 Å². The number of fused-ring (bicyclic) bond motifs is 7. The summed E-state index contributed by atoms with van der Waals surface area (Å²) in [5.41, 5.74) is 1.39. The van der Waals surface area contributed by atoms with E-state index in [4.69, 9.17) is 9.84 Å². The highest BCUT2D eigenvalue weighted by atomic mass is 16.5. The second kappa shape index (κ2) is 18.8. The van der Waals surface area contributed by atoms with Crippen LogP contribution in [0.15, 0.2) is 11.6 Å². The molecule has 60 heavy (non-hydrogen) atoms. The van der Waals surface area contributed by atoms with E-state index < -0.39 is 23.9 Å². The zero-order chi connectivity index (χ0) is 44.3. The van der Waals surface area contributed by atoms with E-state index in [1.807, 2.05) is 0 Å². The van der Waals surface area contributed by atoms with Crippen LogP contribution in [-0.4, -0.2) is 58.6 Å². The monoisotopic (exact) mass is 839 g/mol. The number of nitrogens with one attached hydrogen (secondary N) is 2. The second-order valence-electron chi connectivity index (χ2n) is 22.6. The van der Waals surface area contributed by atoms with Gasteiger partial charge in [-0.15, -0.1) is 0 Å². The van der Waals surface area contributed by atoms with E-state index >= 15 is 0 Å². The van der Waals surface area contributed by atoms with Crippen LogP contribution < -0.4 is 10.6 Å². The Hall–Kier alpha value is -2.91. The highest BCUT2D eigenvalue weighted by Crippen LogP contribution is 2.76. The summed E-state index contributed by atoms with van der Waals surface area (Å²) in [5, 5.41) is 24.5. The molecule has 5 aliphatic carbocycles. The molecule has 10 nitrogen and oxygen atoms in total. The fraction of sp³-hybridized carbons (Fsp3) is 0.860. The third-order valence-electron chi connectivity index (χ3n) is 17.7. The lowest BCUT2D eigenvalue weighted by molar-refractivity contribution is -0.213. The van der Waals surface area contributed by atoms with Crippen LogP contribution >= 0.6 is 0 Å². The van der Waals surface area contributed by atoms with Gasteiger partial charge in [0, 0.05) is 18.4 Å². The zero-order valence-electron chi connectivity index (χ0n) is 38.9. The normalized spacial score (nSPS) is 34.4. The van der Waals surface area contributed by atoms with Gasteiger partial charge in [0.1, 0.15) is 12.1 Å². The largest absolute Gasteiger partial charge is 0.481 e. The Bertz CT molecular complexity index is 1620. The van der Waals surface area contributed by atoms with Gasteiger partial charge in [-0.25, -0.2) is 4.79 Å². The number of esters is 1. The van der Waals surface area contributed by atoms with Crippen molar-refractivity contribution in [1.82, 2.24) is 10.6 Å². The van der Waals surface area contributed by atoms with Crippen LogP contribution in [0.3, 0.4) is 0 Å². The van der Waals surface area contributed by atoms with E-state index in [0.29, 0.717) is 18.3 Å². The van der Waals surface area contributed by atoms with Crippen molar-refractivity contribution < 1.29 is 38.9 Å². The van der Waals surface area contributed by atoms with Crippen LogP contribution in [0, 0.1) is 56.2 Å². The Morgan fingerprint density at radius 2 is 1.38 bits per heavy atom. The number of hydrogen-bond donors (Lipinski definition) is 4. The fourth-order valence-electron chi connectivity index (χ4n) is 13.9. The molecule has 0 heterocycles. The molecule has 4 fully saturated rings. The first-order valence-electron chi connectivity index (χ1n) is 24.0. The van der Waals surface area contributed by atoms with Crippen LogP contribution in [0.1, 0.15) is 197 Å². The van der Waals surface area contributed by atoms with Gasteiger partial charge in [-0.3, -0.25) is 19.2 Å². The third-order valence-corrected chi connectivity index (χ3v) is 17.7. The molecule has 10 heteroatoms. The molecule has 0 aromatic heterocycles. The predicted octanol–water partition coefficient (Wildman–Crippen LogP) is 10.4. The average Bonchev–Trinajstić information content (AvgIpc) is 3.16. The smallest absolute Gasteiger partial charge is 0.326 e. The second-order valence-corrected chi connectivity index (χ2v) is 22.6. The molecule has 0 unspecified atom stereocenters. The summed E-state index contributed by atoms with van der Waals surface area (Å²) in [6.07, 6.45) is 20.9. The van der Waals surface area contributed by atoms with E-state index in [1.54, 1.807) is 19.4 Å². The molecule has 0 aromatic rings. The van der Waals surface area contributed by atoms with Gasteiger partial charge in [0.05, 0.1) is 18.3 Å². The van der Waals surface area contributed by atoms with Gasteiger partial charge in [-0.2, -0.15) is 0 Å². The van der Waals surface area contributed by atoms with Crippen LogP contribution in [-0.2, 0) is 28.7 Å². The molecule has 4 N–H and O–H groups in total. The molecule has 5 aliphatic rings. The van der Waals surface area contributed by atoms with Crippen molar-refractivity contribution in [3.8, 4) is 0 Å². The van der Waals surface area contributed by atoms with Crippen LogP contribution in [0.5, 0.6) is 0 Å². The number of unbranched alkanes of at least 4 members (excludes halogenated alkanes) is 7. The van der Waals surface area contributed by atoms with Crippen molar-refractivity contribution in [2.24, 2.45) is 56.2 Å². The minimum atomic E-state index is -0.985. The number of hydrogen-bond acceptors (Lipinski definition) is 6. The Labute approximate surface area is 362 Å². The number of ether oxygens (including phenoxy) is 1. The number of carboxylic acid groups (broad SMARTS) is 2. The Kier molecular flexibility index (Phi) is 15.1. The maximum absolute atomic E-state index is 14.5. The lowest BCUT2D eigenvalue weighted by Gasteiger charge is -2.71. The predicted molar refractivity (Wildman–Crippen MR) is 235 cm³/mol. The maximum atomic E-state index is 14.5. The molecule has 0 radical (unpaired) electrons. The number of carbonyl (C=O) groups excluding carboxylic acids is 3. The topological polar surface area (TPSA) is 159 Å². The molecule has 2 amide bonds. The molecule has 4 saturated carbocycles. The Morgan fingerprint density at radius 1 is 0.750 bits per heavy atom. The number of allylic oxidation sites excluding steroid dienone is 2. The molecule has 340 valence electrons. The average molecular weight is 839 g/mol. The summed E-state index contributed by atoms with van der Waals surface area (Å²) in [4.78, 5) is 61.9. The third kappa shape index (κ3) is 9.67. The van der Waals surface area contributed by atoms with Crippen molar-refractivity contribution in [3.63, 3.8) is 0 Å². The molecule has 0 aromatic carbocycles. The van der Waals surface area contributed by atoms with Crippen LogP contribution in [0.4, 0.5) is 0 Å². The fourth-order valence-corrected chi connectivity index (χ4v) is 13.9. The first kappa shape index (κ1) is 48.1. The maximum Gasteiger partial charge on any atom is 0.326 e. The van der Waals surface area contributed by atoms with Crippen molar-refractivity contribution in [3.05, 3.63) is 11.6 Å². The van der Waals surface area contributed by atoms with Gasteiger partial charge < -0.3 is 25.6 Å². The minimum absolute atomic E-state index is 0.0135. The minimum Gasteiger partial charge on any atom is -0.481 e. The van der Waals surface area contributed by atoms with E-state index in [-0.39, 0.29) is 75.1 Å². The summed E-state index contributed by atoms with van der Waals surface area (Å²) >= 11 is 0. The molecule has 0 spiro atoms. The summed E-state index contributed by atoms with van der Waals surface area (Å²) in [5.74, 6) is -1.27. The first-order valence-corrected chi connectivity index (χ1v) is 24.0. The summed E-state index contributed by atoms with van der Waals surface area (Å²) in [6, 6.07) is -0.832. The molecule has 0 bridgehead atoms. The molecule has 0 saturated heterocycles. The lowest BCUT2D eigenvalue weighted by Crippen LogP contribution is -2.65. The standard InChI is InChI=1S/C50H82N2O8/c1-33(2)42(43(57)58)52-39(53)18-16-14-12-10-11-13-15-17-31-51-44(59)50-29-27-45(3,4)32-35(50)34-19-20-37-47(7)25-24-38(60-41(56)22-21-40(54)55)46(5,6)36(47)23-26-49(37,9)48(34,8)28-30-50/h19,33,35-38,42H,10-18,20-32H2,1-9H3,(H,51,59)(H,52,53)(H,54,55)(H,57,58)/t35-,36-,37+,38-,42-,47-,48+,49+,50-/m0/s1. The summed E-state index contributed by atoms with van der Waals surface area (Å²) in [7, 11) is 0. The summed E-state index contributed by atoms with van der Waals surface area (Å²) in [6.45, 7) is 21.3. The van der Waals surface area contributed by atoms with Gasteiger partial charge in [-0.05, 0) is 122 Å². The highest BCUT2D eigenvalue weighted by molar-refractivity contribution is 5.84. The number of aliphatic carboxylic acids is 2. The number of amides is 2. The molecule has 5 rings (SSSR count). The molecule has 9 atom stereocenters. The van der Waals surface area contributed by atoms with Crippen molar-refractivity contribution >= 4 is 29.7 Å². The van der Waals surface area contributed by atoms with Crippen LogP contribution in [0.25, 0.3) is 0 Å². The van der Waals surface area contributed by atoms with Gasteiger partial charge in [0.2, 0.25) is 11.8 Å². The number of carboxylic acids is 2. The first-order chi connectivity index (χ1) is 28.0. The van der Waals surface area contributed by atoms with Crippen molar-refractivity contribution in [1.29, 1.82) is 0 Å². The molecular formula is C50H82N2O8. The van der Waals surface area contributed by atoms with Gasteiger partial charge in [0.15, 0.2) is 0 Å². The van der Waals surface area contributed by atoms with Crippen molar-refractivity contribution in [2.45, 2.75) is 209 Å². The van der Waals surface area contributed by atoms with E-state index in [1.165, 1.54) is 0 Å². The molecule has 0 aliphatic heterocycles. The van der Waals surface area contributed by atoms with E-state index in [2.05, 4.69) is 65.2 Å². The number of rotatable bonds is 19. The van der Waals surface area contributed by atoms with Gasteiger partial charge >= 0.3 is 17.9 Å². The molecular weight excluding hydrogens is 757 g/mol. The SMILES string of the molecule is CC(C)[C@H](NC(=O)CCCCCCCCCCNC(=O)[C@]12CCC(C)(C)C[C@H]1C1=CC[C@@H]3[C@@]4(C)CC[C@H](OC(=O)CCC(=O)O)C(C)(C)[C@@H]4CC[C@@]3(C)[C@]1(C)CC2)C(=O)O. The highest BCUT2D eigenvalue weighted by Gasteiger charge is 2.69.